The third-order valence-corrected chi connectivity index (χ3v) is 5.27. The van der Waals surface area contributed by atoms with Gasteiger partial charge in [0.1, 0.15) is 5.75 Å². The van der Waals surface area contributed by atoms with Gasteiger partial charge in [0.15, 0.2) is 0 Å². The van der Waals surface area contributed by atoms with Crippen LogP contribution in [-0.4, -0.2) is 68.3 Å². The minimum Gasteiger partial charge on any atom is -0.497 e. The minimum atomic E-state index is 0.0920. The van der Waals surface area contributed by atoms with Crippen molar-refractivity contribution in [1.29, 1.82) is 0 Å². The molecule has 1 aromatic carbocycles. The van der Waals surface area contributed by atoms with Gasteiger partial charge in [-0.25, -0.2) is 0 Å². The summed E-state index contributed by atoms with van der Waals surface area (Å²) in [5, 5.41) is 0. The number of fused-ring (bicyclic) bond motifs is 1. The first-order valence-corrected chi connectivity index (χ1v) is 9.01. The maximum Gasteiger partial charge on any atom is 0.254 e. The van der Waals surface area contributed by atoms with E-state index >= 15 is 0 Å². The molecule has 3 rings (SSSR count). The summed E-state index contributed by atoms with van der Waals surface area (Å²) < 4.78 is 11.3. The zero-order valence-electron chi connectivity index (χ0n) is 15.2. The molecule has 1 amide bonds. The molecule has 0 bridgehead atoms. The number of carbonyl (C=O) groups excluding carboxylic acids is 1. The highest BCUT2D eigenvalue weighted by Gasteiger charge is 2.35. The molecule has 2 fully saturated rings. The summed E-state index contributed by atoms with van der Waals surface area (Å²) >= 11 is 0. The first kappa shape index (κ1) is 18.0. The SMILES string of the molecule is C=CCN1CCOC2CN(C(=O)c3ccc(OC)cc3C)CCC2C1. The predicted octanol–water partition coefficient (Wildman–Crippen LogP) is 2.35. The minimum absolute atomic E-state index is 0.0920. The van der Waals surface area contributed by atoms with Gasteiger partial charge in [0.25, 0.3) is 5.91 Å². The number of ether oxygens (including phenoxy) is 2. The van der Waals surface area contributed by atoms with Crippen LogP contribution in [-0.2, 0) is 4.74 Å². The van der Waals surface area contributed by atoms with Crippen LogP contribution in [0.4, 0.5) is 0 Å². The van der Waals surface area contributed by atoms with Gasteiger partial charge in [-0.1, -0.05) is 6.08 Å². The first-order valence-electron chi connectivity index (χ1n) is 9.01. The fourth-order valence-corrected chi connectivity index (χ4v) is 3.83. The van der Waals surface area contributed by atoms with Crippen LogP contribution in [0.2, 0.25) is 0 Å². The van der Waals surface area contributed by atoms with Gasteiger partial charge in [-0.2, -0.15) is 0 Å². The van der Waals surface area contributed by atoms with Gasteiger partial charge >= 0.3 is 0 Å². The molecule has 136 valence electrons. The molecule has 0 saturated carbocycles. The van der Waals surface area contributed by atoms with E-state index in [1.807, 2.05) is 36.1 Å². The number of hydrogen-bond donors (Lipinski definition) is 0. The molecule has 1 aromatic rings. The Morgan fingerprint density at radius 1 is 1.40 bits per heavy atom. The highest BCUT2D eigenvalue weighted by atomic mass is 16.5. The molecule has 2 heterocycles. The highest BCUT2D eigenvalue weighted by Crippen LogP contribution is 2.26. The van der Waals surface area contributed by atoms with Crippen LogP contribution in [0, 0.1) is 12.8 Å². The number of aryl methyl sites for hydroxylation is 1. The number of rotatable bonds is 4. The van der Waals surface area contributed by atoms with Crippen LogP contribution in [0.25, 0.3) is 0 Å². The molecule has 0 radical (unpaired) electrons. The average Bonchev–Trinajstić information content (AvgIpc) is 2.82. The molecule has 2 unspecified atom stereocenters. The number of likely N-dealkylation sites (tertiary alicyclic amines) is 1. The van der Waals surface area contributed by atoms with Crippen LogP contribution in [0.5, 0.6) is 5.75 Å². The largest absolute Gasteiger partial charge is 0.497 e. The number of carbonyl (C=O) groups is 1. The lowest BCUT2D eigenvalue weighted by molar-refractivity contribution is -0.0171. The van der Waals surface area contributed by atoms with Crippen molar-refractivity contribution in [2.75, 3.05) is 46.4 Å². The van der Waals surface area contributed by atoms with E-state index in [2.05, 4.69) is 11.5 Å². The standard InChI is InChI=1S/C20H28N2O3/c1-4-8-21-10-11-25-19-14-22(9-7-16(19)13-21)20(23)18-6-5-17(24-3)12-15(18)2/h4-6,12,16,19H,1,7-11,13-14H2,2-3H3. The smallest absolute Gasteiger partial charge is 0.254 e. The zero-order valence-corrected chi connectivity index (χ0v) is 15.2. The molecule has 2 aliphatic rings. The molecule has 0 aliphatic carbocycles. The molecular formula is C20H28N2O3. The van der Waals surface area contributed by atoms with Crippen LogP contribution >= 0.6 is 0 Å². The first-order chi connectivity index (χ1) is 12.1. The summed E-state index contributed by atoms with van der Waals surface area (Å²) in [7, 11) is 1.64. The van der Waals surface area contributed by atoms with Crippen LogP contribution in [0.3, 0.4) is 0 Å². The van der Waals surface area contributed by atoms with Crippen molar-refractivity contribution >= 4 is 5.91 Å². The van der Waals surface area contributed by atoms with Gasteiger partial charge < -0.3 is 14.4 Å². The van der Waals surface area contributed by atoms with E-state index in [1.54, 1.807) is 7.11 Å². The summed E-state index contributed by atoms with van der Waals surface area (Å²) in [5.74, 6) is 1.36. The maximum atomic E-state index is 13.0. The molecule has 0 N–H and O–H groups in total. The van der Waals surface area contributed by atoms with E-state index in [0.29, 0.717) is 12.5 Å². The number of amides is 1. The van der Waals surface area contributed by atoms with E-state index in [0.717, 1.165) is 56.1 Å². The molecular weight excluding hydrogens is 316 g/mol. The number of methoxy groups -OCH3 is 1. The van der Waals surface area contributed by atoms with Gasteiger partial charge in [0, 0.05) is 44.2 Å². The Hall–Kier alpha value is -1.85. The Morgan fingerprint density at radius 3 is 2.96 bits per heavy atom. The van der Waals surface area contributed by atoms with Crippen LogP contribution < -0.4 is 4.74 Å². The monoisotopic (exact) mass is 344 g/mol. The Bertz CT molecular complexity index is 631. The molecule has 25 heavy (non-hydrogen) atoms. The van der Waals surface area contributed by atoms with Gasteiger partial charge in [-0.05, 0) is 37.1 Å². The summed E-state index contributed by atoms with van der Waals surface area (Å²) in [6.07, 6.45) is 3.07. The lowest BCUT2D eigenvalue weighted by Gasteiger charge is -2.38. The summed E-state index contributed by atoms with van der Waals surface area (Å²) in [6, 6.07) is 5.62. The van der Waals surface area contributed by atoms with Gasteiger partial charge in [0.05, 0.1) is 19.8 Å². The van der Waals surface area contributed by atoms with Gasteiger partial charge in [-0.3, -0.25) is 9.69 Å². The molecule has 5 nitrogen and oxygen atoms in total. The van der Waals surface area contributed by atoms with E-state index in [1.165, 1.54) is 0 Å². The van der Waals surface area contributed by atoms with Gasteiger partial charge in [0.2, 0.25) is 0 Å². The van der Waals surface area contributed by atoms with Crippen molar-refractivity contribution in [1.82, 2.24) is 9.80 Å². The van der Waals surface area contributed by atoms with Crippen LogP contribution in [0.15, 0.2) is 30.9 Å². The van der Waals surface area contributed by atoms with Crippen LogP contribution in [0.1, 0.15) is 22.3 Å². The number of benzene rings is 1. The Kier molecular flexibility index (Phi) is 5.76. The number of nitrogens with zero attached hydrogens (tertiary/aromatic N) is 2. The van der Waals surface area contributed by atoms with Gasteiger partial charge in [-0.15, -0.1) is 6.58 Å². The Morgan fingerprint density at radius 2 is 2.24 bits per heavy atom. The van der Waals surface area contributed by atoms with Crippen molar-refractivity contribution in [2.24, 2.45) is 5.92 Å². The van der Waals surface area contributed by atoms with E-state index in [4.69, 9.17) is 9.47 Å². The number of hydrogen-bond acceptors (Lipinski definition) is 4. The van der Waals surface area contributed by atoms with Crippen molar-refractivity contribution in [3.8, 4) is 5.75 Å². The zero-order chi connectivity index (χ0) is 17.8. The normalized spacial score (nSPS) is 24.3. The van der Waals surface area contributed by atoms with Crippen molar-refractivity contribution < 1.29 is 14.3 Å². The van der Waals surface area contributed by atoms with E-state index in [9.17, 15) is 4.79 Å². The fraction of sp³-hybridized carbons (Fsp3) is 0.550. The van der Waals surface area contributed by atoms with E-state index in [-0.39, 0.29) is 12.0 Å². The lowest BCUT2D eigenvalue weighted by atomic mass is 9.92. The molecule has 2 atom stereocenters. The molecule has 0 aromatic heterocycles. The number of piperidine rings is 1. The average molecular weight is 344 g/mol. The molecule has 5 heteroatoms. The topological polar surface area (TPSA) is 42.0 Å². The van der Waals surface area contributed by atoms with Crippen molar-refractivity contribution in [2.45, 2.75) is 19.4 Å². The predicted molar refractivity (Wildman–Crippen MR) is 98.1 cm³/mol. The third kappa shape index (κ3) is 4.05. The molecule has 0 spiro atoms. The van der Waals surface area contributed by atoms with Crippen molar-refractivity contribution in [3.63, 3.8) is 0 Å². The summed E-state index contributed by atoms with van der Waals surface area (Å²) in [4.78, 5) is 17.3. The molecule has 2 saturated heterocycles. The Balaban J connectivity index is 1.68. The van der Waals surface area contributed by atoms with Crippen molar-refractivity contribution in [3.05, 3.63) is 42.0 Å². The fourth-order valence-electron chi connectivity index (χ4n) is 3.83. The maximum absolute atomic E-state index is 13.0. The quantitative estimate of drug-likeness (QED) is 0.787. The second-order valence-corrected chi connectivity index (χ2v) is 6.94. The van der Waals surface area contributed by atoms with E-state index < -0.39 is 0 Å². The third-order valence-electron chi connectivity index (χ3n) is 5.27. The summed E-state index contributed by atoms with van der Waals surface area (Å²) in [6.45, 7) is 10.8. The Labute approximate surface area is 150 Å². The lowest BCUT2D eigenvalue weighted by Crippen LogP contribution is -2.49. The summed E-state index contributed by atoms with van der Waals surface area (Å²) in [5.41, 5.74) is 1.70. The molecule has 2 aliphatic heterocycles. The highest BCUT2D eigenvalue weighted by molar-refractivity contribution is 5.95. The second kappa shape index (κ2) is 8.02. The second-order valence-electron chi connectivity index (χ2n) is 6.94.